The number of alkyl halides is 3. The lowest BCUT2D eigenvalue weighted by molar-refractivity contribution is -0.0328. The summed E-state index contributed by atoms with van der Waals surface area (Å²) in [6.45, 7) is -0.361. The quantitative estimate of drug-likeness (QED) is 0.839. The molecule has 2 N–H and O–H groups in total. The summed E-state index contributed by atoms with van der Waals surface area (Å²) in [5.74, 6) is -2.03. The van der Waals surface area contributed by atoms with E-state index in [0.717, 1.165) is 6.20 Å². The van der Waals surface area contributed by atoms with Crippen LogP contribution in [0.15, 0.2) is 15.8 Å². The molecule has 18 heavy (non-hydrogen) atoms. The number of halogens is 3. The summed E-state index contributed by atoms with van der Waals surface area (Å²) in [6.07, 6.45) is 0.723. The van der Waals surface area contributed by atoms with E-state index in [4.69, 9.17) is 5.11 Å². The number of aromatic nitrogens is 2. The molecule has 0 bridgehead atoms. The van der Waals surface area contributed by atoms with Crippen LogP contribution in [0.3, 0.4) is 0 Å². The Hall–Kier alpha value is -1.71. The largest absolute Gasteiger partial charge is 0.477 e. The highest BCUT2D eigenvalue weighted by Crippen LogP contribution is 2.29. The summed E-state index contributed by atoms with van der Waals surface area (Å²) < 4.78 is 36.3. The smallest absolute Gasteiger partial charge is 0.441 e. The van der Waals surface area contributed by atoms with Crippen molar-refractivity contribution in [2.45, 2.75) is 12.1 Å². The zero-order valence-corrected chi connectivity index (χ0v) is 9.47. The van der Waals surface area contributed by atoms with Gasteiger partial charge in [0.1, 0.15) is 5.56 Å². The van der Waals surface area contributed by atoms with Crippen LogP contribution in [0.5, 0.6) is 0 Å². The van der Waals surface area contributed by atoms with E-state index in [1.165, 1.54) is 0 Å². The summed E-state index contributed by atoms with van der Waals surface area (Å²) in [4.78, 5) is 34.5. The van der Waals surface area contributed by atoms with Crippen molar-refractivity contribution in [3.63, 3.8) is 0 Å². The SMILES string of the molecule is O=C(O)c1cn(CCSC(F)(F)F)c(=O)[nH]c1=O. The van der Waals surface area contributed by atoms with Crippen molar-refractivity contribution in [2.24, 2.45) is 0 Å². The number of rotatable bonds is 4. The molecular weight excluding hydrogens is 277 g/mol. The third kappa shape index (κ3) is 3.95. The monoisotopic (exact) mass is 284 g/mol. The summed E-state index contributed by atoms with van der Waals surface area (Å²) in [7, 11) is 0. The van der Waals surface area contributed by atoms with Gasteiger partial charge in [0.25, 0.3) is 5.56 Å². The molecular formula is C8H7F3N2O4S. The molecule has 0 aliphatic carbocycles. The lowest BCUT2D eigenvalue weighted by atomic mass is 10.3. The number of carboxylic acid groups (broad SMARTS) is 1. The second-order valence-electron chi connectivity index (χ2n) is 3.09. The lowest BCUT2D eigenvalue weighted by Gasteiger charge is -2.07. The number of carboxylic acids is 1. The normalized spacial score (nSPS) is 11.5. The highest BCUT2D eigenvalue weighted by molar-refractivity contribution is 8.00. The van der Waals surface area contributed by atoms with Crippen molar-refractivity contribution in [3.8, 4) is 0 Å². The van der Waals surface area contributed by atoms with Gasteiger partial charge in [0.05, 0.1) is 0 Å². The third-order valence-corrected chi connectivity index (χ3v) is 2.55. The Labute approximate surface area is 101 Å². The van der Waals surface area contributed by atoms with Gasteiger partial charge in [-0.1, -0.05) is 0 Å². The molecule has 6 nitrogen and oxygen atoms in total. The number of aromatic carboxylic acids is 1. The molecule has 1 aromatic rings. The van der Waals surface area contributed by atoms with Gasteiger partial charge in [-0.15, -0.1) is 0 Å². The van der Waals surface area contributed by atoms with Crippen molar-refractivity contribution in [2.75, 3.05) is 5.75 Å². The Kier molecular flexibility index (Phi) is 4.22. The predicted octanol–water partition coefficient (Wildman–Crippen LogP) is 0.488. The number of nitrogens with one attached hydrogen (secondary N) is 1. The van der Waals surface area contributed by atoms with Gasteiger partial charge in [-0.2, -0.15) is 13.2 Å². The van der Waals surface area contributed by atoms with E-state index in [1.54, 1.807) is 4.98 Å². The number of nitrogens with zero attached hydrogens (tertiary/aromatic N) is 1. The molecule has 10 heteroatoms. The molecule has 1 rings (SSSR count). The molecule has 0 aliphatic heterocycles. The summed E-state index contributed by atoms with van der Waals surface area (Å²) in [6, 6.07) is 0. The maximum Gasteiger partial charge on any atom is 0.441 e. The van der Waals surface area contributed by atoms with Gasteiger partial charge in [0, 0.05) is 18.5 Å². The van der Waals surface area contributed by atoms with Gasteiger partial charge in [0.2, 0.25) is 0 Å². The molecule has 0 fully saturated rings. The second-order valence-corrected chi connectivity index (χ2v) is 4.25. The Morgan fingerprint density at radius 1 is 1.44 bits per heavy atom. The molecule has 100 valence electrons. The first kappa shape index (κ1) is 14.4. The first-order valence-electron chi connectivity index (χ1n) is 4.48. The molecule has 0 unspecified atom stereocenters. The average Bonchev–Trinajstić information content (AvgIpc) is 2.18. The summed E-state index contributed by atoms with van der Waals surface area (Å²) in [5.41, 5.74) is -7.17. The van der Waals surface area contributed by atoms with Gasteiger partial charge >= 0.3 is 17.2 Å². The van der Waals surface area contributed by atoms with Gasteiger partial charge in [-0.05, 0) is 11.8 Å². The number of hydrogen-bond donors (Lipinski definition) is 2. The Balaban J connectivity index is 2.90. The Morgan fingerprint density at radius 2 is 2.06 bits per heavy atom. The van der Waals surface area contributed by atoms with Crippen LogP contribution in [0.1, 0.15) is 10.4 Å². The van der Waals surface area contributed by atoms with E-state index >= 15 is 0 Å². The zero-order chi connectivity index (χ0) is 13.9. The average molecular weight is 284 g/mol. The van der Waals surface area contributed by atoms with E-state index < -0.39 is 34.0 Å². The van der Waals surface area contributed by atoms with Crippen LogP contribution in [0.4, 0.5) is 13.2 Å². The van der Waals surface area contributed by atoms with Crippen molar-refractivity contribution >= 4 is 17.7 Å². The maximum absolute atomic E-state index is 11.9. The predicted molar refractivity (Wildman–Crippen MR) is 56.8 cm³/mol. The van der Waals surface area contributed by atoms with E-state index in [9.17, 15) is 27.6 Å². The number of aryl methyl sites for hydroxylation is 1. The van der Waals surface area contributed by atoms with Gasteiger partial charge in [-0.25, -0.2) is 9.59 Å². The van der Waals surface area contributed by atoms with Crippen LogP contribution in [-0.2, 0) is 6.54 Å². The molecule has 0 amide bonds. The molecule has 0 radical (unpaired) electrons. The van der Waals surface area contributed by atoms with Crippen LogP contribution >= 0.6 is 11.8 Å². The zero-order valence-electron chi connectivity index (χ0n) is 8.65. The topological polar surface area (TPSA) is 92.2 Å². The molecule has 0 saturated heterocycles. The minimum atomic E-state index is -4.43. The fourth-order valence-electron chi connectivity index (χ4n) is 1.09. The van der Waals surface area contributed by atoms with Gasteiger partial charge < -0.3 is 5.11 Å². The first-order chi connectivity index (χ1) is 8.20. The maximum atomic E-state index is 11.9. The Bertz CT molecular complexity index is 563. The van der Waals surface area contributed by atoms with Crippen molar-refractivity contribution in [3.05, 3.63) is 32.6 Å². The number of hydrogen-bond acceptors (Lipinski definition) is 4. The number of thioether (sulfide) groups is 1. The second kappa shape index (κ2) is 5.29. The molecule has 0 saturated carbocycles. The van der Waals surface area contributed by atoms with E-state index in [0.29, 0.717) is 4.57 Å². The standard InChI is InChI=1S/C8H7F3N2O4S/c9-8(10,11)18-2-1-13-3-4(6(15)16)5(14)12-7(13)17/h3H,1-2H2,(H,15,16)(H,12,14,17). The fourth-order valence-corrected chi connectivity index (χ4v) is 1.61. The molecule has 0 aromatic carbocycles. The highest BCUT2D eigenvalue weighted by atomic mass is 32.2. The number of aromatic amines is 1. The third-order valence-electron chi connectivity index (χ3n) is 1.84. The van der Waals surface area contributed by atoms with E-state index in [-0.39, 0.29) is 18.3 Å². The fraction of sp³-hybridized carbons (Fsp3) is 0.375. The van der Waals surface area contributed by atoms with Crippen LogP contribution in [0, 0.1) is 0 Å². The summed E-state index contributed by atoms with van der Waals surface area (Å²) >= 11 is -0.344. The minimum Gasteiger partial charge on any atom is -0.477 e. The number of H-pyrrole nitrogens is 1. The Morgan fingerprint density at radius 3 is 2.56 bits per heavy atom. The summed E-state index contributed by atoms with van der Waals surface area (Å²) in [5, 5.41) is 8.62. The van der Waals surface area contributed by atoms with Crippen molar-refractivity contribution in [1.82, 2.24) is 9.55 Å². The molecule has 0 atom stereocenters. The van der Waals surface area contributed by atoms with Crippen LogP contribution in [-0.4, -0.2) is 31.9 Å². The van der Waals surface area contributed by atoms with Crippen molar-refractivity contribution < 1.29 is 23.1 Å². The molecule has 0 aliphatic rings. The molecule has 0 spiro atoms. The molecule has 1 aromatic heterocycles. The number of carbonyl (C=O) groups is 1. The highest BCUT2D eigenvalue weighted by Gasteiger charge is 2.27. The van der Waals surface area contributed by atoms with Crippen LogP contribution in [0.2, 0.25) is 0 Å². The van der Waals surface area contributed by atoms with E-state index in [2.05, 4.69) is 0 Å². The van der Waals surface area contributed by atoms with Gasteiger partial charge in [-0.3, -0.25) is 14.3 Å². The lowest BCUT2D eigenvalue weighted by Crippen LogP contribution is -2.33. The van der Waals surface area contributed by atoms with Crippen molar-refractivity contribution in [1.29, 1.82) is 0 Å². The molecule has 1 heterocycles. The van der Waals surface area contributed by atoms with Gasteiger partial charge in [0.15, 0.2) is 0 Å². The van der Waals surface area contributed by atoms with Crippen LogP contribution in [0.25, 0.3) is 0 Å². The minimum absolute atomic E-state index is 0.344. The van der Waals surface area contributed by atoms with E-state index in [1.807, 2.05) is 0 Å². The van der Waals surface area contributed by atoms with Crippen LogP contribution < -0.4 is 11.2 Å². The first-order valence-corrected chi connectivity index (χ1v) is 5.47.